The Morgan fingerprint density at radius 2 is 1.75 bits per heavy atom. The molecule has 2 amide bonds. The third-order valence-electron chi connectivity index (χ3n) is 5.31. The fourth-order valence-corrected chi connectivity index (χ4v) is 3.47. The van der Waals surface area contributed by atoms with Gasteiger partial charge in [0.15, 0.2) is 6.61 Å². The van der Waals surface area contributed by atoms with Crippen LogP contribution < -0.4 is 10.1 Å². The fraction of sp³-hybridized carbons (Fsp3) is 0.462. The molecule has 0 aromatic heterocycles. The highest BCUT2D eigenvalue weighted by Gasteiger charge is 2.27. The molecule has 2 aromatic carbocycles. The van der Waals surface area contributed by atoms with Gasteiger partial charge in [-0.3, -0.25) is 9.59 Å². The molecule has 0 aliphatic heterocycles. The van der Waals surface area contributed by atoms with Crippen molar-refractivity contribution in [2.45, 2.75) is 65.5 Å². The van der Waals surface area contributed by atoms with Crippen molar-refractivity contribution in [2.75, 3.05) is 13.2 Å². The van der Waals surface area contributed by atoms with Crippen molar-refractivity contribution in [1.29, 1.82) is 0 Å². The van der Waals surface area contributed by atoms with E-state index < -0.39 is 6.04 Å². The topological polar surface area (TPSA) is 58.6 Å². The van der Waals surface area contributed by atoms with E-state index in [4.69, 9.17) is 16.3 Å². The van der Waals surface area contributed by atoms with Crippen LogP contribution in [0.15, 0.2) is 48.5 Å². The zero-order valence-electron chi connectivity index (χ0n) is 19.8. The second-order valence-corrected chi connectivity index (χ2v) is 9.44. The van der Waals surface area contributed by atoms with Crippen molar-refractivity contribution in [3.8, 4) is 5.75 Å². The maximum absolute atomic E-state index is 13.2. The monoisotopic (exact) mass is 458 g/mol. The minimum atomic E-state index is -0.628. The zero-order chi connectivity index (χ0) is 23.7. The third kappa shape index (κ3) is 7.56. The SMILES string of the molecule is CCCCNC(=O)[C@@H](C)N(Cc1ccc(Cl)cc1)C(=O)COc1ccccc1C(C)(C)C. The molecule has 1 atom stereocenters. The lowest BCUT2D eigenvalue weighted by molar-refractivity contribution is -0.142. The highest BCUT2D eigenvalue weighted by atomic mass is 35.5. The van der Waals surface area contributed by atoms with Crippen LogP contribution in [0.5, 0.6) is 5.75 Å². The lowest BCUT2D eigenvalue weighted by Gasteiger charge is -2.29. The lowest BCUT2D eigenvalue weighted by Crippen LogP contribution is -2.49. The molecule has 32 heavy (non-hydrogen) atoms. The molecule has 0 fully saturated rings. The molecular formula is C26H35ClN2O3. The van der Waals surface area contributed by atoms with Crippen LogP contribution in [0.25, 0.3) is 0 Å². The first-order chi connectivity index (χ1) is 15.1. The van der Waals surface area contributed by atoms with Crippen molar-refractivity contribution in [3.05, 3.63) is 64.7 Å². The van der Waals surface area contributed by atoms with E-state index in [1.807, 2.05) is 36.4 Å². The smallest absolute Gasteiger partial charge is 0.261 e. The maximum atomic E-state index is 13.2. The second kappa shape index (κ2) is 11.9. The van der Waals surface area contributed by atoms with E-state index in [0.29, 0.717) is 23.9 Å². The predicted octanol–water partition coefficient (Wildman–Crippen LogP) is 5.35. The van der Waals surface area contributed by atoms with E-state index in [1.165, 1.54) is 0 Å². The van der Waals surface area contributed by atoms with Gasteiger partial charge in [0, 0.05) is 18.1 Å². The summed E-state index contributed by atoms with van der Waals surface area (Å²) in [5.41, 5.74) is 1.81. The van der Waals surface area contributed by atoms with Crippen LogP contribution in [-0.2, 0) is 21.5 Å². The van der Waals surface area contributed by atoms with Crippen LogP contribution >= 0.6 is 11.6 Å². The zero-order valence-corrected chi connectivity index (χ0v) is 20.5. The van der Waals surface area contributed by atoms with E-state index in [1.54, 1.807) is 24.0 Å². The molecule has 5 nitrogen and oxygen atoms in total. The van der Waals surface area contributed by atoms with E-state index >= 15 is 0 Å². The number of rotatable bonds is 10. The molecule has 2 rings (SSSR count). The standard InChI is InChI=1S/C26H35ClN2O3/c1-6-7-16-28-25(31)19(2)29(17-20-12-14-21(27)15-13-20)24(30)18-32-23-11-9-8-10-22(23)26(3,4)5/h8-15,19H,6-7,16-18H2,1-5H3,(H,28,31)/t19-/m1/s1. The molecule has 0 unspecified atom stereocenters. The number of unbranched alkanes of at least 4 members (excludes halogenated alkanes) is 1. The van der Waals surface area contributed by atoms with Gasteiger partial charge in [-0.15, -0.1) is 0 Å². The summed E-state index contributed by atoms with van der Waals surface area (Å²) >= 11 is 6.00. The fourth-order valence-electron chi connectivity index (χ4n) is 3.34. The van der Waals surface area contributed by atoms with Gasteiger partial charge in [0.05, 0.1) is 0 Å². The van der Waals surface area contributed by atoms with Crippen molar-refractivity contribution in [2.24, 2.45) is 0 Å². The Labute approximate surface area is 197 Å². The quantitative estimate of drug-likeness (QED) is 0.488. The van der Waals surface area contributed by atoms with Gasteiger partial charge in [0.2, 0.25) is 5.91 Å². The number of benzene rings is 2. The van der Waals surface area contributed by atoms with Gasteiger partial charge in [-0.25, -0.2) is 0 Å². The van der Waals surface area contributed by atoms with Crippen LogP contribution in [0.4, 0.5) is 0 Å². The third-order valence-corrected chi connectivity index (χ3v) is 5.56. The number of amides is 2. The Kier molecular flexibility index (Phi) is 9.58. The molecule has 174 valence electrons. The summed E-state index contributed by atoms with van der Waals surface area (Å²) in [5, 5.41) is 3.55. The largest absolute Gasteiger partial charge is 0.483 e. The van der Waals surface area contributed by atoms with Crippen LogP contribution in [0.2, 0.25) is 5.02 Å². The predicted molar refractivity (Wildman–Crippen MR) is 130 cm³/mol. The Morgan fingerprint density at radius 1 is 1.09 bits per heavy atom. The van der Waals surface area contributed by atoms with Crippen molar-refractivity contribution in [1.82, 2.24) is 10.2 Å². The molecule has 0 saturated heterocycles. The molecule has 0 heterocycles. The Bertz CT molecular complexity index is 891. The number of ether oxygens (including phenoxy) is 1. The van der Waals surface area contributed by atoms with E-state index in [-0.39, 0.29) is 23.8 Å². The summed E-state index contributed by atoms with van der Waals surface area (Å²) in [5.74, 6) is 0.262. The van der Waals surface area contributed by atoms with Crippen molar-refractivity contribution in [3.63, 3.8) is 0 Å². The van der Waals surface area contributed by atoms with E-state index in [0.717, 1.165) is 24.0 Å². The van der Waals surface area contributed by atoms with Gasteiger partial charge in [0.25, 0.3) is 5.91 Å². The summed E-state index contributed by atoms with van der Waals surface area (Å²) in [7, 11) is 0. The summed E-state index contributed by atoms with van der Waals surface area (Å²) in [4.78, 5) is 27.5. The number of carbonyl (C=O) groups is 2. The summed E-state index contributed by atoms with van der Waals surface area (Å²) in [6.07, 6.45) is 1.89. The molecule has 0 spiro atoms. The summed E-state index contributed by atoms with van der Waals surface area (Å²) in [6, 6.07) is 14.4. The molecule has 0 aliphatic rings. The summed E-state index contributed by atoms with van der Waals surface area (Å²) < 4.78 is 5.95. The van der Waals surface area contributed by atoms with Gasteiger partial charge in [-0.05, 0) is 48.1 Å². The van der Waals surface area contributed by atoms with Gasteiger partial charge < -0.3 is 15.0 Å². The number of carbonyl (C=O) groups excluding carboxylic acids is 2. The second-order valence-electron chi connectivity index (χ2n) is 9.00. The van der Waals surface area contributed by atoms with Gasteiger partial charge in [0.1, 0.15) is 11.8 Å². The normalized spacial score (nSPS) is 12.2. The number of hydrogen-bond acceptors (Lipinski definition) is 3. The van der Waals surface area contributed by atoms with Gasteiger partial charge in [-0.1, -0.05) is 76.0 Å². The molecule has 0 bridgehead atoms. The highest BCUT2D eigenvalue weighted by molar-refractivity contribution is 6.30. The number of halogens is 1. The molecule has 0 radical (unpaired) electrons. The highest BCUT2D eigenvalue weighted by Crippen LogP contribution is 2.31. The first kappa shape index (κ1) is 25.7. The molecule has 1 N–H and O–H groups in total. The maximum Gasteiger partial charge on any atom is 0.261 e. The molecule has 2 aromatic rings. The van der Waals surface area contributed by atoms with Crippen molar-refractivity contribution >= 4 is 23.4 Å². The number of nitrogens with zero attached hydrogens (tertiary/aromatic N) is 1. The van der Waals surface area contributed by atoms with Crippen LogP contribution in [0.3, 0.4) is 0 Å². The minimum Gasteiger partial charge on any atom is -0.483 e. The van der Waals surface area contributed by atoms with Crippen LogP contribution in [0.1, 0.15) is 58.6 Å². The Balaban J connectivity index is 2.18. The van der Waals surface area contributed by atoms with Crippen LogP contribution in [-0.4, -0.2) is 35.9 Å². The Hall–Kier alpha value is -2.53. The molecular weight excluding hydrogens is 424 g/mol. The van der Waals surface area contributed by atoms with Gasteiger partial charge in [-0.2, -0.15) is 0 Å². The number of nitrogens with one attached hydrogen (secondary N) is 1. The van der Waals surface area contributed by atoms with Gasteiger partial charge >= 0.3 is 0 Å². The molecule has 0 aliphatic carbocycles. The molecule has 0 saturated carbocycles. The lowest BCUT2D eigenvalue weighted by atomic mass is 9.86. The number of hydrogen-bond donors (Lipinski definition) is 1. The first-order valence-corrected chi connectivity index (χ1v) is 11.5. The average Bonchev–Trinajstić information content (AvgIpc) is 2.76. The number of para-hydroxylation sites is 1. The van der Waals surface area contributed by atoms with E-state index in [9.17, 15) is 9.59 Å². The summed E-state index contributed by atoms with van der Waals surface area (Å²) in [6.45, 7) is 10.9. The van der Waals surface area contributed by atoms with E-state index in [2.05, 4.69) is 33.0 Å². The first-order valence-electron chi connectivity index (χ1n) is 11.2. The molecule has 6 heteroatoms. The van der Waals surface area contributed by atoms with Crippen LogP contribution in [0, 0.1) is 0 Å². The average molecular weight is 459 g/mol. The Morgan fingerprint density at radius 3 is 2.38 bits per heavy atom. The van der Waals surface area contributed by atoms with Crippen molar-refractivity contribution < 1.29 is 14.3 Å². The minimum absolute atomic E-state index is 0.116.